The van der Waals surface area contributed by atoms with Gasteiger partial charge in [0.05, 0.1) is 69.3 Å². The standard InChI is InChI=1S/C61H37F3N6.C54H34F3N5/c1-38-11-9-16-46(31-38)51-35-48(60-68-58(42-12-5-3-6-13-42)67-59(69-60)43-14-7-4-8-15-43)36-52(47-17-10-18-49(32-47)61(62,63)64)57(51)70-55-29-25-44(40-21-19-39(37-65)20-22-40)33-53(55)54-34-45(26-30-56(54)70)41-23-27-50(66-2)28-24-41;1-34-13-11-18-39(29-34)45-32-41(53-60-51(36-14-5-3-6-15-36)59-52(61-53)37-16-7-4-8-17-37)33-46(40-19-12-20-42(30-40)54(55,56)57)50(45)62-48-22-10-9-21-44(48)47-31-38(25-28-49(47)62)35-23-26-43(58-2)27-24-35/h3-36H,1H3;3-33H,1H3. The van der Waals surface area contributed by atoms with Gasteiger partial charge in [0.25, 0.3) is 0 Å². The minimum Gasteiger partial charge on any atom is -0.308 e. The molecule has 0 aliphatic heterocycles. The molecule has 0 amide bonds. The van der Waals surface area contributed by atoms with Gasteiger partial charge in [0.15, 0.2) is 46.3 Å². The molecule has 0 bridgehead atoms. The number of para-hydroxylation sites is 1. The summed E-state index contributed by atoms with van der Waals surface area (Å²) in [6.45, 7) is 19.0. The molecule has 21 rings (SSSR count). The number of aromatic nitrogens is 8. The zero-order valence-electron chi connectivity index (χ0n) is 70.7. The molecule has 628 valence electrons. The third kappa shape index (κ3) is 16.3. The predicted molar refractivity (Wildman–Crippen MR) is 516 cm³/mol. The Morgan fingerprint density at radius 1 is 0.250 bits per heavy atom. The molecule has 132 heavy (non-hydrogen) atoms. The summed E-state index contributed by atoms with van der Waals surface area (Å²) in [6.07, 6.45) is -9.19. The van der Waals surface area contributed by atoms with Crippen molar-refractivity contribution in [1.29, 1.82) is 5.26 Å². The van der Waals surface area contributed by atoms with Gasteiger partial charge in [-0.1, -0.05) is 302 Å². The molecule has 21 aromatic rings. The van der Waals surface area contributed by atoms with Gasteiger partial charge in [0.1, 0.15) is 0 Å². The second kappa shape index (κ2) is 34.6. The summed E-state index contributed by atoms with van der Waals surface area (Å²) in [4.78, 5) is 37.3. The summed E-state index contributed by atoms with van der Waals surface area (Å²) >= 11 is 0. The van der Waals surface area contributed by atoms with Crippen molar-refractivity contribution < 1.29 is 26.3 Å². The molecule has 0 saturated heterocycles. The van der Waals surface area contributed by atoms with Crippen LogP contribution in [0.15, 0.2) is 394 Å². The molecule has 0 atom stereocenters. The van der Waals surface area contributed by atoms with Gasteiger partial charge < -0.3 is 9.13 Å². The normalized spacial score (nSPS) is 11.5. The van der Waals surface area contributed by atoms with Gasteiger partial charge in [0, 0.05) is 77.2 Å². The quantitative estimate of drug-likeness (QED) is 0.0740. The number of alkyl halides is 6. The van der Waals surface area contributed by atoms with E-state index in [2.05, 4.69) is 85.6 Å². The minimum atomic E-state index is -4.62. The van der Waals surface area contributed by atoms with Crippen molar-refractivity contribution in [3.8, 4) is 164 Å². The Bertz CT molecular complexity index is 7970. The number of nitrogens with zero attached hydrogens (tertiary/aromatic N) is 11. The van der Waals surface area contributed by atoms with Crippen LogP contribution in [0.2, 0.25) is 0 Å². The molecular weight excluding hydrogens is 1650 g/mol. The topological polar surface area (TPSA) is 120 Å². The first-order valence-corrected chi connectivity index (χ1v) is 42.5. The smallest absolute Gasteiger partial charge is 0.308 e. The highest BCUT2D eigenvalue weighted by molar-refractivity contribution is 6.14. The zero-order chi connectivity index (χ0) is 90.3. The van der Waals surface area contributed by atoms with Crippen molar-refractivity contribution in [1.82, 2.24) is 39.0 Å². The summed E-state index contributed by atoms with van der Waals surface area (Å²) in [5.41, 5.74) is 22.0. The average Bonchev–Trinajstić information content (AvgIpc) is 1.38. The fourth-order valence-corrected chi connectivity index (χ4v) is 17.3. The van der Waals surface area contributed by atoms with Gasteiger partial charge in [-0.15, -0.1) is 0 Å². The van der Waals surface area contributed by atoms with Gasteiger partial charge in [-0.3, -0.25) is 0 Å². The molecular formula is C115H71F6N11. The van der Waals surface area contributed by atoms with Crippen molar-refractivity contribution in [2.75, 3.05) is 0 Å². The van der Waals surface area contributed by atoms with E-state index in [1.165, 1.54) is 24.3 Å². The number of aryl methyl sites for hydroxylation is 2. The Morgan fingerprint density at radius 3 is 0.841 bits per heavy atom. The number of halogens is 6. The molecule has 0 N–H and O–H groups in total. The van der Waals surface area contributed by atoms with Crippen molar-refractivity contribution in [2.45, 2.75) is 26.2 Å². The Balaban J connectivity index is 0.000000166. The van der Waals surface area contributed by atoms with E-state index in [9.17, 15) is 31.6 Å². The summed E-state index contributed by atoms with van der Waals surface area (Å²) in [6, 6.07) is 125. The van der Waals surface area contributed by atoms with Crippen LogP contribution >= 0.6 is 0 Å². The van der Waals surface area contributed by atoms with E-state index >= 15 is 0 Å². The van der Waals surface area contributed by atoms with Gasteiger partial charge in [-0.25, -0.2) is 39.6 Å². The summed E-state index contributed by atoms with van der Waals surface area (Å²) in [5.74, 6) is 2.57. The first-order valence-electron chi connectivity index (χ1n) is 42.5. The van der Waals surface area contributed by atoms with Crippen LogP contribution in [-0.2, 0) is 12.4 Å². The molecule has 11 nitrogen and oxygen atoms in total. The Morgan fingerprint density at radius 2 is 0.523 bits per heavy atom. The number of hydrogen-bond donors (Lipinski definition) is 0. The molecule has 0 radical (unpaired) electrons. The molecule has 4 aromatic heterocycles. The van der Waals surface area contributed by atoms with E-state index in [1.54, 1.807) is 36.4 Å². The molecule has 17 heteroatoms. The SMILES string of the molecule is [C-]#[N+]c1ccc(-c2ccc3c(c2)c2cc(-c4ccc(C#N)cc4)ccc2n3-c2c(-c3cccc(C)c3)cc(-c3nc(-c4ccccc4)nc(-c4ccccc4)n3)cc2-c2cccc(C(F)(F)F)c2)cc1.[C-]#[N+]c1ccc(-c2ccc3c(c2)c2ccccc2n3-c2c(-c3cccc(C)c3)cc(-c3nc(-c4ccccc4)nc(-c4ccccc4)n3)cc2-c2cccc(C(F)(F)F)c2)cc1. The van der Waals surface area contributed by atoms with E-state index < -0.39 is 23.5 Å². The molecule has 0 aliphatic rings. The average molecular weight is 1720 g/mol. The van der Waals surface area contributed by atoms with E-state index in [0.717, 1.165) is 145 Å². The third-order valence-electron chi connectivity index (χ3n) is 23.7. The van der Waals surface area contributed by atoms with E-state index in [-0.39, 0.29) is 0 Å². The lowest BCUT2D eigenvalue weighted by Crippen LogP contribution is -2.06. The molecule has 0 spiro atoms. The number of benzene rings is 17. The summed E-state index contributed by atoms with van der Waals surface area (Å²) < 4.78 is 92.5. The monoisotopic (exact) mass is 1720 g/mol. The van der Waals surface area contributed by atoms with Gasteiger partial charge in [-0.05, 0) is 173 Å². The maximum Gasteiger partial charge on any atom is 0.416 e. The number of rotatable bonds is 15. The fourth-order valence-electron chi connectivity index (χ4n) is 17.3. The zero-order valence-corrected chi connectivity index (χ0v) is 70.7. The molecule has 0 aliphatic carbocycles. The number of fused-ring (bicyclic) bond motifs is 6. The van der Waals surface area contributed by atoms with Crippen LogP contribution in [0.4, 0.5) is 37.7 Å². The van der Waals surface area contributed by atoms with Crippen LogP contribution in [-0.4, -0.2) is 39.0 Å². The maximum atomic E-state index is 14.8. The Hall–Kier alpha value is -17.6. The number of hydrogen-bond acceptors (Lipinski definition) is 7. The van der Waals surface area contributed by atoms with E-state index in [1.807, 2.05) is 275 Å². The predicted octanol–water partition coefficient (Wildman–Crippen LogP) is 31.2. The first kappa shape index (κ1) is 82.7. The van der Waals surface area contributed by atoms with E-state index in [4.69, 9.17) is 43.0 Å². The van der Waals surface area contributed by atoms with Crippen molar-refractivity contribution in [3.63, 3.8) is 0 Å². The summed E-state index contributed by atoms with van der Waals surface area (Å²) in [7, 11) is 0. The molecule has 0 saturated carbocycles. The highest BCUT2D eigenvalue weighted by atomic mass is 19.4. The fraction of sp³-hybridized carbons (Fsp3) is 0.0348. The van der Waals surface area contributed by atoms with Crippen LogP contribution in [0.5, 0.6) is 0 Å². The molecule has 17 aromatic carbocycles. The minimum absolute atomic E-state index is 0.349. The van der Waals surface area contributed by atoms with Crippen LogP contribution in [0, 0.1) is 38.3 Å². The lowest BCUT2D eigenvalue weighted by atomic mass is 9.91. The van der Waals surface area contributed by atoms with Crippen LogP contribution in [0.1, 0.15) is 27.8 Å². The summed E-state index contributed by atoms with van der Waals surface area (Å²) in [5, 5.41) is 13.3. The van der Waals surface area contributed by atoms with Crippen molar-refractivity contribution >= 4 is 55.0 Å². The molecule has 0 unspecified atom stereocenters. The first-order chi connectivity index (χ1) is 64.3. The lowest BCUT2D eigenvalue weighted by Gasteiger charge is -2.22. The van der Waals surface area contributed by atoms with Gasteiger partial charge in [-0.2, -0.15) is 31.6 Å². The Labute approximate surface area is 755 Å². The van der Waals surface area contributed by atoms with Crippen LogP contribution in [0.3, 0.4) is 0 Å². The van der Waals surface area contributed by atoms with Crippen LogP contribution in [0.25, 0.3) is 211 Å². The molecule has 4 heterocycles. The maximum absolute atomic E-state index is 14.8. The highest BCUT2D eigenvalue weighted by Gasteiger charge is 2.34. The molecule has 0 fully saturated rings. The van der Waals surface area contributed by atoms with Crippen molar-refractivity contribution in [3.05, 3.63) is 445 Å². The second-order valence-corrected chi connectivity index (χ2v) is 32.2. The van der Waals surface area contributed by atoms with E-state index in [0.29, 0.717) is 96.6 Å². The van der Waals surface area contributed by atoms with Crippen LogP contribution < -0.4 is 0 Å². The lowest BCUT2D eigenvalue weighted by molar-refractivity contribution is -0.138. The number of nitriles is 1. The Kier molecular flexibility index (Phi) is 21.7. The van der Waals surface area contributed by atoms with Gasteiger partial charge in [0.2, 0.25) is 0 Å². The van der Waals surface area contributed by atoms with Gasteiger partial charge >= 0.3 is 12.4 Å². The van der Waals surface area contributed by atoms with Crippen molar-refractivity contribution in [2.24, 2.45) is 0 Å². The third-order valence-corrected chi connectivity index (χ3v) is 23.7. The highest BCUT2D eigenvalue weighted by Crippen LogP contribution is 2.50. The second-order valence-electron chi connectivity index (χ2n) is 32.2. The largest absolute Gasteiger partial charge is 0.416 e.